The average molecular weight is 423 g/mol. The molecule has 7 nitrogen and oxygen atoms in total. The molecule has 1 aromatic heterocycles. The number of benzene rings is 2. The molecule has 1 aliphatic rings. The molecule has 1 fully saturated rings. The predicted octanol–water partition coefficient (Wildman–Crippen LogP) is 2.60. The van der Waals surface area contributed by atoms with Gasteiger partial charge in [0.1, 0.15) is 5.82 Å². The molecule has 3 aromatic rings. The highest BCUT2D eigenvalue weighted by atomic mass is 32.2. The van der Waals surface area contributed by atoms with E-state index in [2.05, 4.69) is 9.97 Å². The molecule has 4 rings (SSSR count). The van der Waals surface area contributed by atoms with Gasteiger partial charge in [-0.05, 0) is 36.8 Å². The van der Waals surface area contributed by atoms with Crippen LogP contribution in [-0.2, 0) is 10.0 Å². The number of hydrogen-bond donors (Lipinski definition) is 0. The van der Waals surface area contributed by atoms with Crippen LogP contribution in [0.1, 0.15) is 16.2 Å². The van der Waals surface area contributed by atoms with Gasteiger partial charge in [0, 0.05) is 49.7 Å². The van der Waals surface area contributed by atoms with E-state index < -0.39 is 10.0 Å². The Morgan fingerprint density at radius 2 is 1.53 bits per heavy atom. The number of aromatic nitrogens is 2. The summed E-state index contributed by atoms with van der Waals surface area (Å²) in [7, 11) is -3.66. The monoisotopic (exact) mass is 422 g/mol. The molecular formula is C22H22N4O3S. The summed E-state index contributed by atoms with van der Waals surface area (Å²) in [5.74, 6) is 0.583. The lowest BCUT2D eigenvalue weighted by Crippen LogP contribution is -2.50. The number of sulfonamides is 1. The van der Waals surface area contributed by atoms with Gasteiger partial charge >= 0.3 is 0 Å². The lowest BCUT2D eigenvalue weighted by Gasteiger charge is -2.34. The second-order valence-corrected chi connectivity index (χ2v) is 9.05. The molecule has 0 atom stereocenters. The van der Waals surface area contributed by atoms with Crippen molar-refractivity contribution in [3.05, 3.63) is 78.4 Å². The highest BCUT2D eigenvalue weighted by Crippen LogP contribution is 2.24. The lowest BCUT2D eigenvalue weighted by molar-refractivity contribution is 0.0698. The van der Waals surface area contributed by atoms with Crippen molar-refractivity contribution in [3.8, 4) is 11.1 Å². The van der Waals surface area contributed by atoms with Gasteiger partial charge < -0.3 is 4.90 Å². The van der Waals surface area contributed by atoms with Crippen LogP contribution in [0.5, 0.6) is 0 Å². The zero-order valence-electron chi connectivity index (χ0n) is 16.6. The molecule has 1 amide bonds. The molecule has 2 aromatic carbocycles. The van der Waals surface area contributed by atoms with E-state index in [0.29, 0.717) is 24.5 Å². The van der Waals surface area contributed by atoms with E-state index in [0.717, 1.165) is 11.1 Å². The smallest absolute Gasteiger partial charge is 0.253 e. The molecule has 154 valence electrons. The zero-order chi connectivity index (χ0) is 21.1. The molecule has 0 N–H and O–H groups in total. The third-order valence-corrected chi connectivity index (χ3v) is 7.03. The molecule has 30 heavy (non-hydrogen) atoms. The minimum atomic E-state index is -3.66. The summed E-state index contributed by atoms with van der Waals surface area (Å²) < 4.78 is 27.8. The van der Waals surface area contributed by atoms with Crippen molar-refractivity contribution >= 4 is 15.9 Å². The van der Waals surface area contributed by atoms with Crippen molar-refractivity contribution in [1.82, 2.24) is 19.2 Å². The van der Waals surface area contributed by atoms with Crippen LogP contribution in [0.15, 0.2) is 71.9 Å². The van der Waals surface area contributed by atoms with Crippen molar-refractivity contribution in [2.24, 2.45) is 0 Å². The van der Waals surface area contributed by atoms with Gasteiger partial charge in [-0.2, -0.15) is 4.31 Å². The third kappa shape index (κ3) is 4.10. The third-order valence-electron chi connectivity index (χ3n) is 5.13. The summed E-state index contributed by atoms with van der Waals surface area (Å²) in [6.45, 7) is 3.04. The second kappa shape index (κ2) is 8.33. The van der Waals surface area contributed by atoms with Crippen LogP contribution in [0.25, 0.3) is 11.1 Å². The van der Waals surface area contributed by atoms with Gasteiger partial charge in [0.2, 0.25) is 10.0 Å². The number of rotatable bonds is 4. The van der Waals surface area contributed by atoms with Crippen molar-refractivity contribution in [1.29, 1.82) is 0 Å². The van der Waals surface area contributed by atoms with Crippen LogP contribution in [0.2, 0.25) is 0 Å². The van der Waals surface area contributed by atoms with Gasteiger partial charge in [0.15, 0.2) is 0 Å². The van der Waals surface area contributed by atoms with Crippen LogP contribution in [0.4, 0.5) is 0 Å². The Bertz CT molecular complexity index is 1140. The standard InChI is InChI=1S/C22H22N4O3S/c1-17-23-15-20(16-24-17)19-8-5-9-21(14-19)30(28,29)26-12-10-25(11-13-26)22(27)18-6-3-2-4-7-18/h2-9,14-16H,10-13H2,1H3. The van der Waals surface area contributed by atoms with Crippen LogP contribution < -0.4 is 0 Å². The summed E-state index contributed by atoms with van der Waals surface area (Å²) in [6.07, 6.45) is 3.37. The van der Waals surface area contributed by atoms with E-state index in [9.17, 15) is 13.2 Å². The molecule has 1 saturated heterocycles. The van der Waals surface area contributed by atoms with E-state index in [-0.39, 0.29) is 23.9 Å². The molecule has 0 saturated carbocycles. The number of carbonyl (C=O) groups is 1. The number of aryl methyl sites for hydroxylation is 1. The highest BCUT2D eigenvalue weighted by molar-refractivity contribution is 7.89. The number of carbonyl (C=O) groups excluding carboxylic acids is 1. The van der Waals surface area contributed by atoms with Crippen molar-refractivity contribution in [2.45, 2.75) is 11.8 Å². The molecule has 2 heterocycles. The average Bonchev–Trinajstić information content (AvgIpc) is 2.80. The summed E-state index contributed by atoms with van der Waals surface area (Å²) in [5.41, 5.74) is 2.12. The fourth-order valence-electron chi connectivity index (χ4n) is 3.42. The van der Waals surface area contributed by atoms with Gasteiger partial charge in [-0.25, -0.2) is 18.4 Å². The number of hydrogen-bond acceptors (Lipinski definition) is 5. The molecular weight excluding hydrogens is 400 g/mol. The Hall–Kier alpha value is -3.10. The molecule has 8 heteroatoms. The van der Waals surface area contributed by atoms with E-state index in [1.165, 1.54) is 4.31 Å². The Morgan fingerprint density at radius 1 is 0.867 bits per heavy atom. The normalized spacial score (nSPS) is 15.2. The number of nitrogens with zero attached hydrogens (tertiary/aromatic N) is 4. The van der Waals surface area contributed by atoms with E-state index >= 15 is 0 Å². The van der Waals surface area contributed by atoms with Crippen LogP contribution in [0.3, 0.4) is 0 Å². The minimum Gasteiger partial charge on any atom is -0.336 e. The van der Waals surface area contributed by atoms with Crippen molar-refractivity contribution in [3.63, 3.8) is 0 Å². The van der Waals surface area contributed by atoms with Gasteiger partial charge in [0.25, 0.3) is 5.91 Å². The Balaban J connectivity index is 1.49. The maximum Gasteiger partial charge on any atom is 0.253 e. The molecule has 0 aliphatic carbocycles. The topological polar surface area (TPSA) is 83.5 Å². The number of amides is 1. The quantitative estimate of drug-likeness (QED) is 0.645. The number of piperazine rings is 1. The van der Waals surface area contributed by atoms with E-state index in [1.54, 1.807) is 54.5 Å². The van der Waals surface area contributed by atoms with Crippen LogP contribution in [0, 0.1) is 6.92 Å². The summed E-state index contributed by atoms with van der Waals surface area (Å²) in [5, 5.41) is 0. The first-order valence-electron chi connectivity index (χ1n) is 9.69. The van der Waals surface area contributed by atoms with Gasteiger partial charge in [-0.1, -0.05) is 30.3 Å². The van der Waals surface area contributed by atoms with Gasteiger partial charge in [0.05, 0.1) is 4.90 Å². The predicted molar refractivity (Wildman–Crippen MR) is 113 cm³/mol. The first kappa shape index (κ1) is 20.2. The Labute approximate surface area is 176 Å². The molecule has 0 bridgehead atoms. The maximum atomic E-state index is 13.2. The molecule has 0 spiro atoms. The summed E-state index contributed by atoms with van der Waals surface area (Å²) >= 11 is 0. The summed E-state index contributed by atoms with van der Waals surface area (Å²) in [4.78, 5) is 22.9. The van der Waals surface area contributed by atoms with Crippen molar-refractivity contribution in [2.75, 3.05) is 26.2 Å². The van der Waals surface area contributed by atoms with E-state index in [4.69, 9.17) is 0 Å². The minimum absolute atomic E-state index is 0.0750. The zero-order valence-corrected chi connectivity index (χ0v) is 17.4. The largest absolute Gasteiger partial charge is 0.336 e. The van der Waals surface area contributed by atoms with E-state index in [1.807, 2.05) is 24.3 Å². The van der Waals surface area contributed by atoms with Gasteiger partial charge in [-0.15, -0.1) is 0 Å². The first-order valence-corrected chi connectivity index (χ1v) is 11.1. The second-order valence-electron chi connectivity index (χ2n) is 7.11. The fraction of sp³-hybridized carbons (Fsp3) is 0.227. The molecule has 1 aliphatic heterocycles. The maximum absolute atomic E-state index is 13.2. The Morgan fingerprint density at radius 3 is 2.20 bits per heavy atom. The SMILES string of the molecule is Cc1ncc(-c2cccc(S(=O)(=O)N3CCN(C(=O)c4ccccc4)CC3)c2)cn1. The lowest BCUT2D eigenvalue weighted by atomic mass is 10.1. The van der Waals surface area contributed by atoms with Crippen molar-refractivity contribution < 1.29 is 13.2 Å². The molecule has 0 radical (unpaired) electrons. The molecule has 0 unspecified atom stereocenters. The Kier molecular flexibility index (Phi) is 5.61. The van der Waals surface area contributed by atoms with Crippen LogP contribution >= 0.6 is 0 Å². The summed E-state index contributed by atoms with van der Waals surface area (Å²) in [6, 6.07) is 15.8. The fourth-order valence-corrected chi connectivity index (χ4v) is 4.89. The van der Waals surface area contributed by atoms with Gasteiger partial charge in [-0.3, -0.25) is 4.79 Å². The highest BCUT2D eigenvalue weighted by Gasteiger charge is 2.30. The van der Waals surface area contributed by atoms with Crippen LogP contribution in [-0.4, -0.2) is 59.7 Å². The first-order chi connectivity index (χ1) is 14.4.